The van der Waals surface area contributed by atoms with Crippen molar-refractivity contribution in [1.82, 2.24) is 9.80 Å². The maximum Gasteiger partial charge on any atom is 0.0576 e. The van der Waals surface area contributed by atoms with E-state index >= 15 is 0 Å². The van der Waals surface area contributed by atoms with Crippen LogP contribution in [-0.4, -0.2) is 48.2 Å². The molecule has 3 heteroatoms. The Balaban J connectivity index is 1.25. The van der Waals surface area contributed by atoms with E-state index in [1.807, 2.05) is 0 Å². The Morgan fingerprint density at radius 3 is 1.90 bits per heavy atom. The van der Waals surface area contributed by atoms with E-state index in [9.17, 15) is 0 Å². The zero-order valence-electron chi connectivity index (χ0n) is 18.4. The minimum Gasteiger partial charge on any atom is -0.378 e. The summed E-state index contributed by atoms with van der Waals surface area (Å²) in [6.45, 7) is 6.80. The first-order chi connectivity index (χ1) is 14.9. The van der Waals surface area contributed by atoms with Crippen LogP contribution in [0.3, 0.4) is 0 Å². The van der Waals surface area contributed by atoms with E-state index in [2.05, 4.69) is 70.5 Å². The van der Waals surface area contributed by atoms with Gasteiger partial charge < -0.3 is 9.64 Å². The van der Waals surface area contributed by atoms with Crippen LogP contribution in [0.5, 0.6) is 0 Å². The van der Waals surface area contributed by atoms with Crippen LogP contribution >= 0.6 is 0 Å². The number of rotatable bonds is 10. The minimum atomic E-state index is 0.468. The maximum atomic E-state index is 6.26. The van der Waals surface area contributed by atoms with Gasteiger partial charge in [0.25, 0.3) is 0 Å². The molecule has 2 aliphatic rings. The maximum absolute atomic E-state index is 6.26. The Hall–Kier alpha value is -1.68. The van der Waals surface area contributed by atoms with Crippen molar-refractivity contribution in [2.75, 3.05) is 26.2 Å². The smallest absolute Gasteiger partial charge is 0.0576 e. The van der Waals surface area contributed by atoms with Gasteiger partial charge >= 0.3 is 0 Å². The Kier molecular flexibility index (Phi) is 8.36. The van der Waals surface area contributed by atoms with Gasteiger partial charge in [0, 0.05) is 32.3 Å². The summed E-state index contributed by atoms with van der Waals surface area (Å²) in [6.07, 6.45) is 9.32. The van der Waals surface area contributed by atoms with E-state index in [4.69, 9.17) is 4.74 Å². The summed E-state index contributed by atoms with van der Waals surface area (Å²) >= 11 is 0. The van der Waals surface area contributed by atoms with Gasteiger partial charge in [-0.2, -0.15) is 0 Å². The summed E-state index contributed by atoms with van der Waals surface area (Å²) in [4.78, 5) is 5.28. The second-order valence-electron chi connectivity index (χ2n) is 9.08. The molecule has 1 aliphatic heterocycles. The zero-order valence-corrected chi connectivity index (χ0v) is 18.4. The molecule has 0 aromatic heterocycles. The number of ether oxygens (including phenoxy) is 1. The summed E-state index contributed by atoms with van der Waals surface area (Å²) in [6, 6.07) is 22.5. The van der Waals surface area contributed by atoms with Gasteiger partial charge in [-0.25, -0.2) is 0 Å². The number of hydrogen-bond acceptors (Lipinski definition) is 3. The number of nitrogens with zero attached hydrogens (tertiary/aromatic N) is 2. The monoisotopic (exact) mass is 406 g/mol. The highest BCUT2D eigenvalue weighted by molar-refractivity contribution is 5.17. The van der Waals surface area contributed by atoms with E-state index in [-0.39, 0.29) is 0 Å². The first kappa shape index (κ1) is 21.5. The molecule has 2 aromatic carbocycles. The predicted molar refractivity (Wildman–Crippen MR) is 124 cm³/mol. The normalized spacial score (nSPS) is 22.6. The highest BCUT2D eigenvalue weighted by atomic mass is 16.5. The van der Waals surface area contributed by atoms with Crippen molar-refractivity contribution in [1.29, 1.82) is 0 Å². The molecule has 1 saturated carbocycles. The molecule has 0 N–H and O–H groups in total. The van der Waals surface area contributed by atoms with Crippen LogP contribution in [0, 0.1) is 0 Å². The summed E-state index contributed by atoms with van der Waals surface area (Å²) in [5, 5.41) is 0. The van der Waals surface area contributed by atoms with Crippen LogP contribution in [0.2, 0.25) is 0 Å². The van der Waals surface area contributed by atoms with Crippen LogP contribution in [0.1, 0.15) is 56.1 Å². The molecular weight excluding hydrogens is 368 g/mol. The standard InChI is InChI=1S/C27H38N2O/c1-3-10-24(11-4-1)22-29(23-25-12-5-2-6-13-25)26-14-16-27(17-15-26)30-21-9-20-28-18-7-8-19-28/h1-6,10-13,26-27H,7-9,14-23H2. The fourth-order valence-corrected chi connectivity index (χ4v) is 5.07. The number of hydrogen-bond donors (Lipinski definition) is 0. The molecular formula is C27H38N2O. The zero-order chi connectivity index (χ0) is 20.4. The molecule has 30 heavy (non-hydrogen) atoms. The third kappa shape index (κ3) is 6.66. The van der Waals surface area contributed by atoms with Crippen molar-refractivity contribution in [3.05, 3.63) is 71.8 Å². The van der Waals surface area contributed by atoms with Crippen LogP contribution < -0.4 is 0 Å². The molecule has 3 nitrogen and oxygen atoms in total. The number of likely N-dealkylation sites (tertiary alicyclic amines) is 1. The molecule has 1 heterocycles. The van der Waals surface area contributed by atoms with Crippen molar-refractivity contribution < 1.29 is 4.74 Å². The van der Waals surface area contributed by atoms with Gasteiger partial charge in [0.2, 0.25) is 0 Å². The van der Waals surface area contributed by atoms with E-state index in [1.165, 1.54) is 75.7 Å². The van der Waals surface area contributed by atoms with Gasteiger partial charge in [0.1, 0.15) is 0 Å². The number of benzene rings is 2. The van der Waals surface area contributed by atoms with Crippen molar-refractivity contribution in [2.24, 2.45) is 0 Å². The molecule has 0 amide bonds. The quantitative estimate of drug-likeness (QED) is 0.484. The minimum absolute atomic E-state index is 0.468. The van der Waals surface area contributed by atoms with Crippen LogP contribution in [0.4, 0.5) is 0 Å². The van der Waals surface area contributed by atoms with Crippen molar-refractivity contribution in [3.8, 4) is 0 Å². The second-order valence-corrected chi connectivity index (χ2v) is 9.08. The van der Waals surface area contributed by atoms with E-state index < -0.39 is 0 Å². The lowest BCUT2D eigenvalue weighted by atomic mass is 9.91. The third-order valence-electron chi connectivity index (χ3n) is 6.79. The summed E-state index contributed by atoms with van der Waals surface area (Å²) in [5.74, 6) is 0. The van der Waals surface area contributed by atoms with E-state index in [0.29, 0.717) is 12.1 Å². The molecule has 2 fully saturated rings. The molecule has 0 radical (unpaired) electrons. The van der Waals surface area contributed by atoms with Gasteiger partial charge in [-0.3, -0.25) is 4.90 Å². The summed E-state index contributed by atoms with van der Waals surface area (Å²) in [5.41, 5.74) is 2.82. The Morgan fingerprint density at radius 2 is 1.33 bits per heavy atom. The van der Waals surface area contributed by atoms with Crippen LogP contribution in [0.25, 0.3) is 0 Å². The van der Waals surface area contributed by atoms with Crippen LogP contribution in [0.15, 0.2) is 60.7 Å². The molecule has 1 aliphatic carbocycles. The molecule has 0 unspecified atom stereocenters. The highest BCUT2D eigenvalue weighted by Gasteiger charge is 2.26. The Bertz CT molecular complexity index is 665. The molecule has 4 rings (SSSR count). The third-order valence-corrected chi connectivity index (χ3v) is 6.79. The van der Waals surface area contributed by atoms with Gasteiger partial charge in [-0.05, 0) is 69.2 Å². The van der Waals surface area contributed by atoms with Crippen molar-refractivity contribution in [3.63, 3.8) is 0 Å². The average molecular weight is 407 g/mol. The van der Waals surface area contributed by atoms with E-state index in [1.54, 1.807) is 0 Å². The van der Waals surface area contributed by atoms with Gasteiger partial charge in [0.15, 0.2) is 0 Å². The molecule has 0 bridgehead atoms. The lowest BCUT2D eigenvalue weighted by Gasteiger charge is -2.37. The Labute approximate surface area is 183 Å². The Morgan fingerprint density at radius 1 is 0.767 bits per heavy atom. The molecule has 162 valence electrons. The first-order valence-corrected chi connectivity index (χ1v) is 12.0. The van der Waals surface area contributed by atoms with Crippen LogP contribution in [-0.2, 0) is 17.8 Å². The van der Waals surface area contributed by atoms with Gasteiger partial charge in [0.05, 0.1) is 6.10 Å². The lowest BCUT2D eigenvalue weighted by Crippen LogP contribution is -2.39. The fraction of sp³-hybridized carbons (Fsp3) is 0.556. The topological polar surface area (TPSA) is 15.7 Å². The summed E-state index contributed by atoms with van der Waals surface area (Å²) in [7, 11) is 0. The summed E-state index contributed by atoms with van der Waals surface area (Å²) < 4.78 is 6.26. The fourth-order valence-electron chi connectivity index (χ4n) is 5.07. The van der Waals surface area contributed by atoms with Gasteiger partial charge in [-0.15, -0.1) is 0 Å². The lowest BCUT2D eigenvalue weighted by molar-refractivity contribution is 0.00156. The SMILES string of the molecule is c1ccc(CN(Cc2ccccc2)C2CCC(OCCCN3CCCC3)CC2)cc1. The van der Waals surface area contributed by atoms with Crippen molar-refractivity contribution in [2.45, 2.75) is 70.2 Å². The first-order valence-electron chi connectivity index (χ1n) is 12.0. The second kappa shape index (κ2) is 11.6. The van der Waals surface area contributed by atoms with Crippen molar-refractivity contribution >= 4 is 0 Å². The molecule has 0 spiro atoms. The average Bonchev–Trinajstić information content (AvgIpc) is 3.32. The van der Waals surface area contributed by atoms with Gasteiger partial charge in [-0.1, -0.05) is 60.7 Å². The largest absolute Gasteiger partial charge is 0.378 e. The molecule has 2 aromatic rings. The molecule has 0 atom stereocenters. The molecule has 1 saturated heterocycles. The van der Waals surface area contributed by atoms with E-state index in [0.717, 1.165) is 19.7 Å². The predicted octanol–water partition coefficient (Wildman–Crippen LogP) is 5.50. The highest BCUT2D eigenvalue weighted by Crippen LogP contribution is 2.28.